The largest absolute Gasteiger partial charge is 0.372 e. The molecule has 2 saturated carbocycles. The Kier molecular flexibility index (Phi) is 3.60. The highest BCUT2D eigenvalue weighted by atomic mass is 16.5. The van der Waals surface area contributed by atoms with Crippen LogP contribution in [-0.4, -0.2) is 11.7 Å². The van der Waals surface area contributed by atoms with E-state index >= 15 is 0 Å². The lowest BCUT2D eigenvalue weighted by Crippen LogP contribution is -2.31. The van der Waals surface area contributed by atoms with Gasteiger partial charge in [0.1, 0.15) is 0 Å². The van der Waals surface area contributed by atoms with Crippen LogP contribution in [0.4, 0.5) is 0 Å². The van der Waals surface area contributed by atoms with Crippen LogP contribution in [0.25, 0.3) is 0 Å². The molecule has 1 saturated heterocycles. The van der Waals surface area contributed by atoms with Crippen LogP contribution in [0.2, 0.25) is 0 Å². The molecule has 0 aromatic carbocycles. The van der Waals surface area contributed by atoms with Gasteiger partial charge in [0.2, 0.25) is 0 Å². The predicted molar refractivity (Wildman–Crippen MR) is 75.6 cm³/mol. The summed E-state index contributed by atoms with van der Waals surface area (Å²) in [5.74, 6) is 0.812. The smallest absolute Gasteiger partial charge is 0.0690 e. The van der Waals surface area contributed by atoms with Crippen LogP contribution in [0.5, 0.6) is 0 Å². The fourth-order valence-corrected chi connectivity index (χ4v) is 4.54. The van der Waals surface area contributed by atoms with E-state index in [2.05, 4.69) is 13.0 Å². The first-order chi connectivity index (χ1) is 9.15. The minimum atomic E-state index is -0.0681. The molecular weight excluding hydrogens is 234 g/mol. The summed E-state index contributed by atoms with van der Waals surface area (Å²) in [6.07, 6.45) is 13.7. The van der Waals surface area contributed by atoms with Crippen molar-refractivity contribution in [2.75, 3.05) is 0 Å². The normalized spacial score (nSPS) is 41.5. The van der Waals surface area contributed by atoms with E-state index in [0.29, 0.717) is 6.10 Å². The summed E-state index contributed by atoms with van der Waals surface area (Å²) in [6, 6.07) is 2.66. The zero-order valence-electron chi connectivity index (χ0n) is 12.3. The lowest BCUT2D eigenvalue weighted by atomic mass is 9.69. The molecule has 3 fully saturated rings. The molecule has 1 aliphatic heterocycles. The summed E-state index contributed by atoms with van der Waals surface area (Å²) in [7, 11) is 0. The molecule has 2 heteroatoms. The van der Waals surface area contributed by atoms with Gasteiger partial charge in [0.15, 0.2) is 0 Å². The van der Waals surface area contributed by atoms with Crippen molar-refractivity contribution in [1.29, 1.82) is 5.26 Å². The number of rotatable bonds is 2. The van der Waals surface area contributed by atoms with Crippen molar-refractivity contribution in [2.24, 2.45) is 11.3 Å². The van der Waals surface area contributed by atoms with Crippen LogP contribution in [0.15, 0.2) is 0 Å². The lowest BCUT2D eigenvalue weighted by Gasteiger charge is -2.36. The molecule has 0 N–H and O–H groups in total. The Morgan fingerprint density at radius 3 is 2.37 bits per heavy atom. The van der Waals surface area contributed by atoms with Gasteiger partial charge in [-0.2, -0.15) is 5.26 Å². The van der Waals surface area contributed by atoms with Crippen molar-refractivity contribution < 1.29 is 4.74 Å². The Morgan fingerprint density at radius 2 is 1.74 bits per heavy atom. The molecule has 19 heavy (non-hydrogen) atoms. The molecule has 2 nitrogen and oxygen atoms in total. The summed E-state index contributed by atoms with van der Waals surface area (Å²) in [6.45, 7) is 2.32. The van der Waals surface area contributed by atoms with E-state index in [-0.39, 0.29) is 11.0 Å². The van der Waals surface area contributed by atoms with Gasteiger partial charge in [-0.15, -0.1) is 0 Å². The molecule has 0 radical (unpaired) electrons. The number of nitriles is 1. The first-order valence-electron chi connectivity index (χ1n) is 8.25. The molecule has 1 spiro atoms. The Bertz CT molecular complexity index is 356. The van der Waals surface area contributed by atoms with Crippen molar-refractivity contribution in [3.8, 4) is 6.07 Å². The third kappa shape index (κ3) is 2.68. The molecule has 1 heterocycles. The maximum Gasteiger partial charge on any atom is 0.0690 e. The second-order valence-corrected chi connectivity index (χ2v) is 7.45. The molecular formula is C17H27NO. The number of nitrogens with zero attached hydrogens (tertiary/aromatic N) is 1. The Labute approximate surface area is 117 Å². The van der Waals surface area contributed by atoms with Crippen LogP contribution in [0.1, 0.15) is 77.6 Å². The fraction of sp³-hybridized carbons (Fsp3) is 0.941. The lowest BCUT2D eigenvalue weighted by molar-refractivity contribution is -0.0523. The minimum Gasteiger partial charge on any atom is -0.372 e. The van der Waals surface area contributed by atoms with Gasteiger partial charge in [0.25, 0.3) is 0 Å². The number of ether oxygens (including phenoxy) is 1. The van der Waals surface area contributed by atoms with E-state index in [1.165, 1.54) is 51.4 Å². The number of hydrogen-bond donors (Lipinski definition) is 0. The zero-order valence-corrected chi connectivity index (χ0v) is 12.3. The van der Waals surface area contributed by atoms with Crippen LogP contribution in [-0.2, 0) is 4.74 Å². The van der Waals surface area contributed by atoms with Gasteiger partial charge in [-0.05, 0) is 63.7 Å². The van der Waals surface area contributed by atoms with E-state index < -0.39 is 0 Å². The van der Waals surface area contributed by atoms with Gasteiger partial charge in [0.05, 0.1) is 23.2 Å². The standard InChI is InChI=1S/C17H27NO/c1-14-4-9-16(13-18,10-5-14)12-15-6-11-17(19-15)7-2-3-8-17/h14-15H,2-12H2,1H3. The van der Waals surface area contributed by atoms with E-state index in [9.17, 15) is 5.26 Å². The molecule has 3 aliphatic rings. The average molecular weight is 261 g/mol. The van der Waals surface area contributed by atoms with Gasteiger partial charge < -0.3 is 4.74 Å². The molecule has 0 aromatic rings. The first-order valence-corrected chi connectivity index (χ1v) is 8.25. The summed E-state index contributed by atoms with van der Waals surface area (Å²) in [4.78, 5) is 0. The van der Waals surface area contributed by atoms with Crippen molar-refractivity contribution in [3.63, 3.8) is 0 Å². The maximum atomic E-state index is 9.64. The maximum absolute atomic E-state index is 9.64. The highest BCUT2D eigenvalue weighted by Crippen LogP contribution is 2.48. The van der Waals surface area contributed by atoms with Gasteiger partial charge in [-0.25, -0.2) is 0 Å². The Morgan fingerprint density at radius 1 is 1.05 bits per heavy atom. The first kappa shape index (κ1) is 13.4. The van der Waals surface area contributed by atoms with Crippen molar-refractivity contribution in [1.82, 2.24) is 0 Å². The molecule has 2 aliphatic carbocycles. The second-order valence-electron chi connectivity index (χ2n) is 7.45. The SMILES string of the molecule is CC1CCC(C#N)(CC2CCC3(CCCC3)O2)CC1. The van der Waals surface area contributed by atoms with Crippen LogP contribution in [0.3, 0.4) is 0 Å². The van der Waals surface area contributed by atoms with Crippen molar-refractivity contribution in [3.05, 3.63) is 0 Å². The minimum absolute atomic E-state index is 0.0681. The van der Waals surface area contributed by atoms with Crippen molar-refractivity contribution in [2.45, 2.75) is 89.3 Å². The fourth-order valence-electron chi connectivity index (χ4n) is 4.54. The Hall–Kier alpha value is -0.550. The molecule has 106 valence electrons. The third-order valence-electron chi connectivity index (χ3n) is 5.94. The zero-order chi connectivity index (χ0) is 13.3. The third-order valence-corrected chi connectivity index (χ3v) is 5.94. The highest BCUT2D eigenvalue weighted by Gasteiger charge is 2.45. The molecule has 0 amide bonds. The van der Waals surface area contributed by atoms with E-state index in [1.54, 1.807) is 0 Å². The predicted octanol–water partition coefficient (Wildman–Crippen LogP) is 4.59. The molecule has 1 unspecified atom stereocenters. The second kappa shape index (κ2) is 5.09. The molecule has 1 atom stereocenters. The summed E-state index contributed by atoms with van der Waals surface area (Å²) in [5.41, 5.74) is 0.157. The van der Waals surface area contributed by atoms with E-state index in [0.717, 1.165) is 25.2 Å². The summed E-state index contributed by atoms with van der Waals surface area (Å²) in [5, 5.41) is 9.64. The van der Waals surface area contributed by atoms with Crippen LogP contribution >= 0.6 is 0 Å². The van der Waals surface area contributed by atoms with Gasteiger partial charge >= 0.3 is 0 Å². The van der Waals surface area contributed by atoms with Gasteiger partial charge in [-0.1, -0.05) is 19.8 Å². The van der Waals surface area contributed by atoms with E-state index in [1.807, 2.05) is 0 Å². The van der Waals surface area contributed by atoms with Crippen LogP contribution in [0, 0.1) is 22.7 Å². The van der Waals surface area contributed by atoms with E-state index in [4.69, 9.17) is 4.74 Å². The average Bonchev–Trinajstić information content (AvgIpc) is 3.04. The topological polar surface area (TPSA) is 33.0 Å². The van der Waals surface area contributed by atoms with Crippen molar-refractivity contribution >= 4 is 0 Å². The number of hydrogen-bond acceptors (Lipinski definition) is 2. The summed E-state index contributed by atoms with van der Waals surface area (Å²) < 4.78 is 6.42. The van der Waals surface area contributed by atoms with Gasteiger partial charge in [-0.3, -0.25) is 0 Å². The summed E-state index contributed by atoms with van der Waals surface area (Å²) >= 11 is 0. The monoisotopic (exact) mass is 261 g/mol. The molecule has 0 bridgehead atoms. The molecule has 0 aromatic heterocycles. The van der Waals surface area contributed by atoms with Crippen LogP contribution < -0.4 is 0 Å². The molecule has 3 rings (SSSR count). The van der Waals surface area contributed by atoms with Gasteiger partial charge in [0, 0.05) is 0 Å². The Balaban J connectivity index is 1.60. The quantitative estimate of drug-likeness (QED) is 0.728. The highest BCUT2D eigenvalue weighted by molar-refractivity contribution is 5.04.